The number of hydrogen-bond donors (Lipinski definition) is 2. The molecule has 0 spiro atoms. The highest BCUT2D eigenvalue weighted by Gasteiger charge is 2.07. The number of hydrogen-bond acceptors (Lipinski definition) is 2. The van der Waals surface area contributed by atoms with Crippen LogP contribution in [-0.4, -0.2) is 17.5 Å². The Morgan fingerprint density at radius 2 is 1.30 bits per heavy atom. The number of aryl methyl sites for hydroxylation is 2. The first-order valence-corrected chi connectivity index (χ1v) is 11.5. The van der Waals surface area contributed by atoms with Crippen molar-refractivity contribution in [3.8, 4) is 0 Å². The Morgan fingerprint density at radius 1 is 0.741 bits per heavy atom. The molecule has 0 heterocycles. The van der Waals surface area contributed by atoms with E-state index < -0.39 is 10.4 Å². The van der Waals surface area contributed by atoms with Gasteiger partial charge >= 0.3 is 10.4 Å². The van der Waals surface area contributed by atoms with Crippen LogP contribution < -0.4 is 0 Å². The Bertz CT molecular complexity index is 761. The number of unbranched alkanes of at least 4 members (excludes halogenated alkanes) is 6. The molecule has 2 aromatic rings. The van der Waals surface area contributed by atoms with Crippen LogP contribution in [0.3, 0.4) is 0 Å². The Kier molecular flexibility index (Phi) is 11.3. The third kappa shape index (κ3) is 10.5. The molecule has 27 heavy (non-hydrogen) atoms. The molecule has 2 N–H and O–H groups in total. The van der Waals surface area contributed by atoms with Gasteiger partial charge in [0, 0.05) is 0 Å². The summed E-state index contributed by atoms with van der Waals surface area (Å²) in [5.74, 6) is 0. The van der Waals surface area contributed by atoms with Crippen LogP contribution in [0.15, 0.2) is 36.4 Å². The van der Waals surface area contributed by atoms with Crippen molar-refractivity contribution in [2.24, 2.45) is 0 Å². The van der Waals surface area contributed by atoms with Crippen molar-refractivity contribution < 1.29 is 17.5 Å². The van der Waals surface area contributed by atoms with E-state index in [4.69, 9.17) is 17.5 Å². The first-order chi connectivity index (χ1) is 12.9. The smallest absolute Gasteiger partial charge is 0.264 e. The summed E-state index contributed by atoms with van der Waals surface area (Å²) in [4.78, 5) is 0. The minimum atomic E-state index is -4.67. The molecule has 0 amide bonds. The lowest BCUT2D eigenvalue weighted by molar-refractivity contribution is 0.381. The molecule has 2 rings (SSSR count). The number of rotatable bonds is 10. The van der Waals surface area contributed by atoms with E-state index in [0.717, 1.165) is 0 Å². The fraction of sp³-hybridized carbons (Fsp3) is 0.545. The van der Waals surface area contributed by atoms with E-state index in [-0.39, 0.29) is 0 Å². The van der Waals surface area contributed by atoms with Crippen LogP contribution in [0.4, 0.5) is 0 Å². The van der Waals surface area contributed by atoms with Crippen LogP contribution >= 0.6 is 0 Å². The zero-order valence-corrected chi connectivity index (χ0v) is 17.5. The summed E-state index contributed by atoms with van der Waals surface area (Å²) >= 11 is 0. The van der Waals surface area contributed by atoms with Crippen LogP contribution in [0.1, 0.15) is 76.3 Å². The molecule has 0 saturated carbocycles. The Balaban J connectivity index is 0.000000646. The molecule has 4 nitrogen and oxygen atoms in total. The summed E-state index contributed by atoms with van der Waals surface area (Å²) in [5, 5.41) is 2.90. The third-order valence-electron chi connectivity index (χ3n) is 4.72. The Morgan fingerprint density at radius 3 is 1.89 bits per heavy atom. The van der Waals surface area contributed by atoms with Crippen molar-refractivity contribution in [1.29, 1.82) is 0 Å². The summed E-state index contributed by atoms with van der Waals surface area (Å²) in [5.41, 5.74) is 3.23. The maximum atomic E-state index is 8.74. The maximum absolute atomic E-state index is 8.74. The molecule has 5 heteroatoms. The molecule has 0 aliphatic heterocycles. The van der Waals surface area contributed by atoms with Gasteiger partial charge in [-0.3, -0.25) is 9.11 Å². The quantitative estimate of drug-likeness (QED) is 0.359. The van der Waals surface area contributed by atoms with Gasteiger partial charge in [0.2, 0.25) is 0 Å². The van der Waals surface area contributed by atoms with Gasteiger partial charge in [-0.05, 0) is 47.6 Å². The van der Waals surface area contributed by atoms with Crippen molar-refractivity contribution in [3.63, 3.8) is 0 Å². The van der Waals surface area contributed by atoms with Crippen LogP contribution in [0, 0.1) is 0 Å². The molecular formula is C22H34O4S. The molecule has 0 saturated heterocycles. The SMILES string of the molecule is CCCCCCc1ccc2ccccc2c1CCCCCC.O=S(=O)(O)O. The molecule has 0 radical (unpaired) electrons. The normalized spacial score (nSPS) is 11.3. The minimum absolute atomic E-state index is 1.25. The highest BCUT2D eigenvalue weighted by molar-refractivity contribution is 7.79. The first-order valence-electron chi connectivity index (χ1n) is 10.1. The summed E-state index contributed by atoms with van der Waals surface area (Å²) in [6, 6.07) is 13.6. The predicted octanol–water partition coefficient (Wildman–Crippen LogP) is 6.43. The van der Waals surface area contributed by atoms with Crippen molar-refractivity contribution in [2.75, 3.05) is 0 Å². The lowest BCUT2D eigenvalue weighted by Crippen LogP contribution is -1.97. The topological polar surface area (TPSA) is 74.6 Å². The highest BCUT2D eigenvalue weighted by Crippen LogP contribution is 2.26. The average Bonchev–Trinajstić information content (AvgIpc) is 2.61. The molecule has 0 fully saturated rings. The second-order valence-electron chi connectivity index (χ2n) is 6.99. The number of fused-ring (bicyclic) bond motifs is 1. The summed E-state index contributed by atoms with van der Waals surface area (Å²) in [7, 11) is -4.67. The van der Waals surface area contributed by atoms with Gasteiger partial charge in [-0.25, -0.2) is 0 Å². The van der Waals surface area contributed by atoms with Crippen molar-refractivity contribution in [1.82, 2.24) is 0 Å². The summed E-state index contributed by atoms with van der Waals surface area (Å²) in [6.45, 7) is 4.58. The second-order valence-corrected chi connectivity index (χ2v) is 7.89. The lowest BCUT2D eigenvalue weighted by Gasteiger charge is -2.13. The fourth-order valence-corrected chi connectivity index (χ4v) is 3.38. The molecule has 2 aromatic carbocycles. The van der Waals surface area contributed by atoms with Crippen LogP contribution in [-0.2, 0) is 23.2 Å². The van der Waals surface area contributed by atoms with Crippen molar-refractivity contribution in [2.45, 2.75) is 78.1 Å². The van der Waals surface area contributed by atoms with E-state index in [2.05, 4.69) is 50.2 Å². The van der Waals surface area contributed by atoms with E-state index in [9.17, 15) is 0 Å². The molecular weight excluding hydrogens is 360 g/mol. The van der Waals surface area contributed by atoms with Gasteiger partial charge in [-0.15, -0.1) is 0 Å². The lowest BCUT2D eigenvalue weighted by atomic mass is 9.92. The largest absolute Gasteiger partial charge is 0.394 e. The van der Waals surface area contributed by atoms with Gasteiger partial charge in [0.1, 0.15) is 0 Å². The Hall–Kier alpha value is -1.43. The van der Waals surface area contributed by atoms with Gasteiger partial charge < -0.3 is 0 Å². The molecule has 0 unspecified atom stereocenters. The van der Waals surface area contributed by atoms with Gasteiger partial charge in [-0.1, -0.05) is 88.8 Å². The molecule has 0 aromatic heterocycles. The fourth-order valence-electron chi connectivity index (χ4n) is 3.38. The molecule has 0 atom stereocenters. The van der Waals surface area contributed by atoms with Crippen LogP contribution in [0.2, 0.25) is 0 Å². The van der Waals surface area contributed by atoms with Crippen LogP contribution in [0.25, 0.3) is 10.8 Å². The van der Waals surface area contributed by atoms with E-state index in [1.807, 2.05) is 0 Å². The molecule has 0 bridgehead atoms. The van der Waals surface area contributed by atoms with Gasteiger partial charge in [0.15, 0.2) is 0 Å². The first kappa shape index (κ1) is 23.6. The monoisotopic (exact) mass is 394 g/mol. The van der Waals surface area contributed by atoms with Crippen molar-refractivity contribution in [3.05, 3.63) is 47.5 Å². The van der Waals surface area contributed by atoms with Crippen molar-refractivity contribution >= 4 is 21.2 Å². The van der Waals surface area contributed by atoms with E-state index in [0.29, 0.717) is 0 Å². The van der Waals surface area contributed by atoms with Gasteiger partial charge in [0.25, 0.3) is 0 Å². The molecule has 0 aliphatic carbocycles. The average molecular weight is 395 g/mol. The highest BCUT2D eigenvalue weighted by atomic mass is 32.3. The summed E-state index contributed by atoms with van der Waals surface area (Å²) < 4.78 is 31.6. The van der Waals surface area contributed by atoms with Gasteiger partial charge in [0.05, 0.1) is 0 Å². The predicted molar refractivity (Wildman–Crippen MR) is 114 cm³/mol. The summed E-state index contributed by atoms with van der Waals surface area (Å²) in [6.07, 6.45) is 13.3. The van der Waals surface area contributed by atoms with E-state index >= 15 is 0 Å². The van der Waals surface area contributed by atoms with E-state index in [1.54, 1.807) is 11.1 Å². The van der Waals surface area contributed by atoms with Crippen LogP contribution in [0.5, 0.6) is 0 Å². The maximum Gasteiger partial charge on any atom is 0.394 e. The number of benzene rings is 2. The molecule has 0 aliphatic rings. The minimum Gasteiger partial charge on any atom is -0.264 e. The Labute approximate surface area is 164 Å². The zero-order valence-electron chi connectivity index (χ0n) is 16.7. The van der Waals surface area contributed by atoms with E-state index in [1.165, 1.54) is 75.0 Å². The standard InChI is InChI=1S/C22H32.H2O4S/c1-3-5-7-9-13-19-17-18-20-14-11-12-16-22(20)21(19)15-10-8-6-4-2;1-5(2,3)4/h11-12,14,16-18H,3-10,13,15H2,1-2H3;(H2,1,2,3,4). The zero-order chi connectivity index (χ0) is 20.1. The second kappa shape index (κ2) is 12.9. The van der Waals surface area contributed by atoms with Gasteiger partial charge in [-0.2, -0.15) is 8.42 Å². The molecule has 152 valence electrons. The third-order valence-corrected chi connectivity index (χ3v) is 4.72.